The third kappa shape index (κ3) is 4.80. The summed E-state index contributed by atoms with van der Waals surface area (Å²) in [6.07, 6.45) is 6.62. The fourth-order valence-electron chi connectivity index (χ4n) is 5.23. The highest BCUT2D eigenvalue weighted by atomic mass is 16.3. The Labute approximate surface area is 180 Å². The molecule has 0 unspecified atom stereocenters. The smallest absolute Gasteiger partial charge is 0.291 e. The minimum atomic E-state index is 0.0188. The molecule has 8 nitrogen and oxygen atoms in total. The van der Waals surface area contributed by atoms with Gasteiger partial charge in [0.05, 0.1) is 0 Å². The first kappa shape index (κ1) is 21.6. The first-order chi connectivity index (χ1) is 14.5. The van der Waals surface area contributed by atoms with Crippen molar-refractivity contribution in [2.45, 2.75) is 58.9 Å². The third-order valence-electron chi connectivity index (χ3n) is 6.91. The first-order valence-corrected chi connectivity index (χ1v) is 11.8. The molecule has 1 aromatic heterocycles. The van der Waals surface area contributed by atoms with Crippen molar-refractivity contribution in [3.05, 3.63) is 5.82 Å². The van der Waals surface area contributed by atoms with E-state index < -0.39 is 0 Å². The molecule has 1 aromatic rings. The summed E-state index contributed by atoms with van der Waals surface area (Å²) in [5.74, 6) is 1.71. The molecule has 0 aromatic carbocycles. The van der Waals surface area contributed by atoms with Gasteiger partial charge in [0.25, 0.3) is 5.91 Å². The molecule has 3 aliphatic heterocycles. The highest BCUT2D eigenvalue weighted by Crippen LogP contribution is 2.29. The number of rotatable bonds is 7. The van der Waals surface area contributed by atoms with Crippen LogP contribution in [0, 0.1) is 11.3 Å². The summed E-state index contributed by atoms with van der Waals surface area (Å²) >= 11 is 0. The SMILES string of the molecule is CC(C)(CN1CCCC1)Cn1c(C(=O)N2CCCC2)nnc1N1CCC(CO)CC1. The second-order valence-electron chi connectivity index (χ2n) is 10.2. The van der Waals surface area contributed by atoms with Crippen molar-refractivity contribution in [3.63, 3.8) is 0 Å². The minimum absolute atomic E-state index is 0.0188. The maximum atomic E-state index is 13.2. The van der Waals surface area contributed by atoms with Crippen LogP contribution in [0.25, 0.3) is 0 Å². The topological polar surface area (TPSA) is 77.7 Å². The van der Waals surface area contributed by atoms with E-state index in [9.17, 15) is 9.90 Å². The molecule has 1 N–H and O–H groups in total. The molecule has 0 saturated carbocycles. The van der Waals surface area contributed by atoms with Gasteiger partial charge in [0, 0.05) is 45.9 Å². The van der Waals surface area contributed by atoms with Crippen molar-refractivity contribution >= 4 is 11.9 Å². The fourth-order valence-corrected chi connectivity index (χ4v) is 5.23. The second kappa shape index (κ2) is 9.22. The van der Waals surface area contributed by atoms with Crippen LogP contribution in [0.3, 0.4) is 0 Å². The molecule has 30 heavy (non-hydrogen) atoms. The predicted molar refractivity (Wildman–Crippen MR) is 117 cm³/mol. The molecule has 0 radical (unpaired) electrons. The minimum Gasteiger partial charge on any atom is -0.396 e. The largest absolute Gasteiger partial charge is 0.396 e. The summed E-state index contributed by atoms with van der Waals surface area (Å²) in [5, 5.41) is 18.4. The molecule has 0 bridgehead atoms. The summed E-state index contributed by atoms with van der Waals surface area (Å²) in [5.41, 5.74) is 0.0188. The van der Waals surface area contributed by atoms with Gasteiger partial charge in [-0.05, 0) is 62.9 Å². The van der Waals surface area contributed by atoms with Crippen molar-refractivity contribution in [3.8, 4) is 0 Å². The van der Waals surface area contributed by atoms with Crippen LogP contribution < -0.4 is 4.90 Å². The summed E-state index contributed by atoms with van der Waals surface area (Å²) in [6, 6.07) is 0. The molecule has 0 spiro atoms. The van der Waals surface area contributed by atoms with Crippen LogP contribution >= 0.6 is 0 Å². The summed E-state index contributed by atoms with van der Waals surface area (Å²) in [4.78, 5) is 20.0. The molecule has 8 heteroatoms. The van der Waals surface area contributed by atoms with Gasteiger partial charge >= 0.3 is 0 Å². The van der Waals surface area contributed by atoms with Crippen LogP contribution in [0.5, 0.6) is 0 Å². The number of carbonyl (C=O) groups is 1. The van der Waals surface area contributed by atoms with Crippen LogP contribution in [0.1, 0.15) is 63.0 Å². The van der Waals surface area contributed by atoms with Gasteiger partial charge in [0.2, 0.25) is 11.8 Å². The Hall–Kier alpha value is -1.67. The van der Waals surface area contributed by atoms with E-state index >= 15 is 0 Å². The number of likely N-dealkylation sites (tertiary alicyclic amines) is 2. The van der Waals surface area contributed by atoms with Gasteiger partial charge in [0.15, 0.2) is 0 Å². The maximum absolute atomic E-state index is 13.2. The fraction of sp³-hybridized carbons (Fsp3) is 0.864. The van der Waals surface area contributed by atoms with Crippen LogP contribution in [0.15, 0.2) is 0 Å². The van der Waals surface area contributed by atoms with Gasteiger partial charge in [-0.3, -0.25) is 9.36 Å². The number of anilines is 1. The molecule has 168 valence electrons. The highest BCUT2D eigenvalue weighted by Gasteiger charge is 2.33. The molecule has 3 fully saturated rings. The Morgan fingerprint density at radius 3 is 2.23 bits per heavy atom. The zero-order valence-electron chi connectivity index (χ0n) is 18.7. The van der Waals surface area contributed by atoms with E-state index in [1.54, 1.807) is 0 Å². The Kier molecular flexibility index (Phi) is 6.63. The number of aromatic nitrogens is 3. The number of aliphatic hydroxyl groups is 1. The van der Waals surface area contributed by atoms with Crippen molar-refractivity contribution in [1.29, 1.82) is 0 Å². The average Bonchev–Trinajstić information content (AvgIpc) is 3.49. The molecule has 0 aliphatic carbocycles. The normalized spacial score (nSPS) is 21.7. The number of carbonyl (C=O) groups excluding carboxylic acids is 1. The molecule has 3 aliphatic rings. The predicted octanol–water partition coefficient (Wildman–Crippen LogP) is 1.84. The number of piperidine rings is 1. The van der Waals surface area contributed by atoms with Crippen molar-refractivity contribution in [2.24, 2.45) is 11.3 Å². The molecule has 1 amide bonds. The number of amides is 1. The van der Waals surface area contributed by atoms with Crippen molar-refractivity contribution in [2.75, 3.05) is 57.3 Å². The Morgan fingerprint density at radius 1 is 0.967 bits per heavy atom. The van der Waals surface area contributed by atoms with Gasteiger partial charge in [-0.2, -0.15) is 0 Å². The lowest BCUT2D eigenvalue weighted by atomic mass is 9.92. The van der Waals surface area contributed by atoms with Gasteiger partial charge in [0.1, 0.15) is 0 Å². The Balaban J connectivity index is 1.57. The first-order valence-electron chi connectivity index (χ1n) is 11.8. The van der Waals surface area contributed by atoms with E-state index in [2.05, 4.69) is 38.4 Å². The molecule has 4 heterocycles. The molecule has 4 rings (SSSR count). The number of aliphatic hydroxyl groups excluding tert-OH is 1. The summed E-state index contributed by atoms with van der Waals surface area (Å²) in [6.45, 7) is 12.3. The van der Waals surface area contributed by atoms with Gasteiger partial charge in [-0.15, -0.1) is 10.2 Å². The van der Waals surface area contributed by atoms with Crippen molar-refractivity contribution < 1.29 is 9.90 Å². The van der Waals surface area contributed by atoms with Crippen LogP contribution in [-0.2, 0) is 6.54 Å². The molecule has 3 saturated heterocycles. The van der Waals surface area contributed by atoms with Gasteiger partial charge in [-0.25, -0.2) is 0 Å². The summed E-state index contributed by atoms with van der Waals surface area (Å²) < 4.78 is 2.09. The third-order valence-corrected chi connectivity index (χ3v) is 6.91. The van der Waals surface area contributed by atoms with E-state index in [0.717, 1.165) is 70.9 Å². The lowest BCUT2D eigenvalue weighted by Gasteiger charge is -2.35. The number of nitrogens with zero attached hydrogens (tertiary/aromatic N) is 6. The molecule has 0 atom stereocenters. The molecular formula is C22H38N6O2. The zero-order valence-corrected chi connectivity index (χ0v) is 18.7. The average molecular weight is 419 g/mol. The van der Waals surface area contributed by atoms with E-state index in [1.165, 1.54) is 25.9 Å². The number of hydrogen-bond donors (Lipinski definition) is 1. The van der Waals surface area contributed by atoms with E-state index in [-0.39, 0.29) is 17.9 Å². The van der Waals surface area contributed by atoms with Crippen LogP contribution in [0.2, 0.25) is 0 Å². The van der Waals surface area contributed by atoms with Crippen molar-refractivity contribution in [1.82, 2.24) is 24.6 Å². The summed E-state index contributed by atoms with van der Waals surface area (Å²) in [7, 11) is 0. The quantitative estimate of drug-likeness (QED) is 0.728. The van der Waals surface area contributed by atoms with E-state index in [4.69, 9.17) is 0 Å². The Morgan fingerprint density at radius 2 is 1.60 bits per heavy atom. The Bertz CT molecular complexity index is 713. The van der Waals surface area contributed by atoms with Gasteiger partial charge < -0.3 is 19.8 Å². The molecular weight excluding hydrogens is 380 g/mol. The van der Waals surface area contributed by atoms with E-state index in [1.807, 2.05) is 4.90 Å². The second-order valence-corrected chi connectivity index (χ2v) is 10.2. The van der Waals surface area contributed by atoms with Crippen LogP contribution in [0.4, 0.5) is 5.95 Å². The standard InChI is InChI=1S/C22H38N6O2/c1-22(2,16-25-9-3-4-10-25)17-28-19(20(30)26-11-5-6-12-26)23-24-21(28)27-13-7-18(15-29)8-14-27/h18,29H,3-17H2,1-2H3. The lowest BCUT2D eigenvalue weighted by molar-refractivity contribution is 0.0770. The lowest BCUT2D eigenvalue weighted by Crippen LogP contribution is -2.40. The monoisotopic (exact) mass is 418 g/mol. The van der Waals surface area contributed by atoms with Gasteiger partial charge in [-0.1, -0.05) is 13.8 Å². The maximum Gasteiger partial charge on any atom is 0.291 e. The zero-order chi connectivity index (χ0) is 21.1. The van der Waals surface area contributed by atoms with Crippen LogP contribution in [-0.4, -0.2) is 88.0 Å². The van der Waals surface area contributed by atoms with E-state index in [0.29, 0.717) is 11.7 Å². The highest BCUT2D eigenvalue weighted by molar-refractivity contribution is 5.91. The number of hydrogen-bond acceptors (Lipinski definition) is 6.